The van der Waals surface area contributed by atoms with E-state index in [1.54, 1.807) is 15.9 Å². The largest absolute Gasteiger partial charge is 0.338 e. The second-order valence-corrected chi connectivity index (χ2v) is 9.09. The van der Waals surface area contributed by atoms with E-state index in [0.717, 1.165) is 35.9 Å². The van der Waals surface area contributed by atoms with Crippen LogP contribution >= 0.6 is 23.1 Å². The van der Waals surface area contributed by atoms with Gasteiger partial charge in [0.25, 0.3) is 5.56 Å². The fourth-order valence-corrected chi connectivity index (χ4v) is 5.66. The molecule has 152 valence electrons. The quantitative estimate of drug-likeness (QED) is 0.551. The Balaban J connectivity index is 1.81. The van der Waals surface area contributed by atoms with Gasteiger partial charge in [0.1, 0.15) is 4.83 Å². The molecule has 0 fully saturated rings. The van der Waals surface area contributed by atoms with E-state index in [4.69, 9.17) is 4.98 Å². The van der Waals surface area contributed by atoms with Gasteiger partial charge in [0.05, 0.1) is 11.1 Å². The Morgan fingerprint density at radius 2 is 2.14 bits per heavy atom. The molecule has 1 aliphatic rings. The Labute approximate surface area is 172 Å². The summed E-state index contributed by atoms with van der Waals surface area (Å²) in [5.74, 6) is 0.250. The van der Waals surface area contributed by atoms with Crippen LogP contribution in [0, 0.1) is 5.92 Å². The molecule has 0 aromatic carbocycles. The van der Waals surface area contributed by atoms with Gasteiger partial charge in [0.2, 0.25) is 5.91 Å². The summed E-state index contributed by atoms with van der Waals surface area (Å²) in [6.07, 6.45) is 3.83. The average Bonchev–Trinajstić information content (AvgIpc) is 3.02. The zero-order chi connectivity index (χ0) is 20.3. The molecule has 3 amide bonds. The SMILES string of the molecule is CCCNC(=O)NC(=O)CSc1nc2sc3c(c2c(=O)n1CC)CC[C@@H](C)C3. The lowest BCUT2D eigenvalue weighted by Crippen LogP contribution is -2.40. The van der Waals surface area contributed by atoms with Crippen LogP contribution in [-0.2, 0) is 24.2 Å². The van der Waals surface area contributed by atoms with Crippen molar-refractivity contribution in [2.45, 2.75) is 58.2 Å². The van der Waals surface area contributed by atoms with Crippen molar-refractivity contribution in [2.24, 2.45) is 5.92 Å². The Hall–Kier alpha value is -1.87. The average molecular weight is 423 g/mol. The zero-order valence-electron chi connectivity index (χ0n) is 16.5. The van der Waals surface area contributed by atoms with E-state index in [-0.39, 0.29) is 11.3 Å². The number of carbonyl (C=O) groups is 2. The highest BCUT2D eigenvalue weighted by molar-refractivity contribution is 7.99. The number of aryl methyl sites for hydroxylation is 1. The molecule has 0 aliphatic heterocycles. The first-order valence-corrected chi connectivity index (χ1v) is 11.5. The number of rotatable bonds is 6. The third-order valence-corrected chi connectivity index (χ3v) is 6.94. The van der Waals surface area contributed by atoms with Crippen molar-refractivity contribution in [3.8, 4) is 0 Å². The zero-order valence-corrected chi connectivity index (χ0v) is 18.1. The maximum atomic E-state index is 13.1. The van der Waals surface area contributed by atoms with Crippen LogP contribution < -0.4 is 16.2 Å². The standard InChI is InChI=1S/C19H26N4O3S2/c1-4-8-20-18(26)21-14(24)10-27-19-22-16-15(17(25)23(19)5-2)12-7-6-11(3)9-13(12)28-16/h11H,4-10H2,1-3H3,(H2,20,21,24,26)/t11-/m1/s1. The highest BCUT2D eigenvalue weighted by Crippen LogP contribution is 2.36. The molecule has 2 aromatic heterocycles. The molecule has 2 N–H and O–H groups in total. The summed E-state index contributed by atoms with van der Waals surface area (Å²) in [6, 6.07) is -0.496. The van der Waals surface area contributed by atoms with Crippen LogP contribution in [0.25, 0.3) is 10.2 Å². The van der Waals surface area contributed by atoms with Gasteiger partial charge in [0, 0.05) is 18.0 Å². The summed E-state index contributed by atoms with van der Waals surface area (Å²) >= 11 is 2.79. The molecule has 7 nitrogen and oxygen atoms in total. The van der Waals surface area contributed by atoms with Gasteiger partial charge in [-0.15, -0.1) is 11.3 Å². The van der Waals surface area contributed by atoms with Gasteiger partial charge in [-0.05, 0) is 44.1 Å². The second kappa shape index (κ2) is 9.09. The molecular weight excluding hydrogens is 396 g/mol. The fraction of sp³-hybridized carbons (Fsp3) is 0.579. The number of carbonyl (C=O) groups excluding carboxylic acids is 2. The minimum atomic E-state index is -0.496. The summed E-state index contributed by atoms with van der Waals surface area (Å²) in [7, 11) is 0. The number of aromatic nitrogens is 2. The lowest BCUT2D eigenvalue weighted by atomic mass is 9.89. The molecule has 28 heavy (non-hydrogen) atoms. The van der Waals surface area contributed by atoms with Gasteiger partial charge in [-0.2, -0.15) is 0 Å². The van der Waals surface area contributed by atoms with Gasteiger partial charge in [0.15, 0.2) is 5.16 Å². The predicted molar refractivity (Wildman–Crippen MR) is 113 cm³/mol. The summed E-state index contributed by atoms with van der Waals surface area (Å²) < 4.78 is 1.63. The predicted octanol–water partition coefficient (Wildman–Crippen LogP) is 2.93. The van der Waals surface area contributed by atoms with Crippen LogP contribution in [0.5, 0.6) is 0 Å². The molecule has 2 aromatic rings. The third kappa shape index (κ3) is 4.41. The van der Waals surface area contributed by atoms with E-state index in [9.17, 15) is 14.4 Å². The van der Waals surface area contributed by atoms with Gasteiger partial charge in [-0.3, -0.25) is 19.5 Å². The summed E-state index contributed by atoms with van der Waals surface area (Å²) in [5, 5.41) is 6.17. The van der Waals surface area contributed by atoms with Gasteiger partial charge >= 0.3 is 6.03 Å². The number of nitrogens with one attached hydrogen (secondary N) is 2. The minimum absolute atomic E-state index is 0.0249. The molecule has 1 aliphatic carbocycles. The Morgan fingerprint density at radius 3 is 2.86 bits per heavy atom. The summed E-state index contributed by atoms with van der Waals surface area (Å²) in [5.41, 5.74) is 1.14. The maximum absolute atomic E-state index is 13.1. The molecule has 0 spiro atoms. The topological polar surface area (TPSA) is 93.1 Å². The Kier molecular flexibility index (Phi) is 6.77. The van der Waals surface area contributed by atoms with Crippen LogP contribution in [0.1, 0.15) is 44.1 Å². The van der Waals surface area contributed by atoms with Crippen molar-refractivity contribution in [2.75, 3.05) is 12.3 Å². The highest BCUT2D eigenvalue weighted by Gasteiger charge is 2.24. The molecule has 0 saturated carbocycles. The van der Waals surface area contributed by atoms with E-state index < -0.39 is 11.9 Å². The molecule has 0 bridgehead atoms. The molecule has 2 heterocycles. The van der Waals surface area contributed by atoms with E-state index in [2.05, 4.69) is 17.6 Å². The highest BCUT2D eigenvalue weighted by atomic mass is 32.2. The normalized spacial score (nSPS) is 16.0. The van der Waals surface area contributed by atoms with E-state index in [1.807, 2.05) is 13.8 Å². The van der Waals surface area contributed by atoms with Crippen molar-refractivity contribution in [3.63, 3.8) is 0 Å². The van der Waals surface area contributed by atoms with Crippen molar-refractivity contribution < 1.29 is 9.59 Å². The Morgan fingerprint density at radius 1 is 1.36 bits per heavy atom. The van der Waals surface area contributed by atoms with E-state index in [0.29, 0.717) is 24.2 Å². The van der Waals surface area contributed by atoms with Gasteiger partial charge in [-0.1, -0.05) is 25.6 Å². The van der Waals surface area contributed by atoms with Crippen LogP contribution in [0.15, 0.2) is 9.95 Å². The third-order valence-electron chi connectivity index (χ3n) is 4.82. The first-order valence-electron chi connectivity index (χ1n) is 9.70. The molecule has 1 atom stereocenters. The van der Waals surface area contributed by atoms with Gasteiger partial charge in [-0.25, -0.2) is 9.78 Å². The number of urea groups is 1. The molecule has 0 saturated heterocycles. The summed E-state index contributed by atoms with van der Waals surface area (Å²) in [6.45, 7) is 7.08. The fourth-order valence-electron chi connectivity index (χ4n) is 3.37. The monoisotopic (exact) mass is 422 g/mol. The second-order valence-electron chi connectivity index (χ2n) is 7.07. The number of amides is 3. The number of imide groups is 1. The lowest BCUT2D eigenvalue weighted by molar-refractivity contribution is -0.117. The van der Waals surface area contributed by atoms with Crippen LogP contribution in [0.3, 0.4) is 0 Å². The van der Waals surface area contributed by atoms with E-state index in [1.165, 1.54) is 22.2 Å². The number of thiophene rings is 1. The Bertz CT molecular complexity index is 951. The van der Waals surface area contributed by atoms with Crippen molar-refractivity contribution >= 4 is 45.3 Å². The van der Waals surface area contributed by atoms with Crippen molar-refractivity contribution in [1.29, 1.82) is 0 Å². The van der Waals surface area contributed by atoms with Crippen LogP contribution in [0.4, 0.5) is 4.79 Å². The summed E-state index contributed by atoms with van der Waals surface area (Å²) in [4.78, 5) is 43.4. The number of fused-ring (bicyclic) bond motifs is 3. The van der Waals surface area contributed by atoms with Crippen LogP contribution in [0.2, 0.25) is 0 Å². The molecule has 0 unspecified atom stereocenters. The number of hydrogen-bond acceptors (Lipinski definition) is 6. The molecule has 0 radical (unpaired) electrons. The first kappa shape index (κ1) is 20.9. The lowest BCUT2D eigenvalue weighted by Gasteiger charge is -2.17. The van der Waals surface area contributed by atoms with Gasteiger partial charge < -0.3 is 5.32 Å². The maximum Gasteiger partial charge on any atom is 0.321 e. The first-order chi connectivity index (χ1) is 13.4. The number of thioether (sulfide) groups is 1. The number of hydrogen-bond donors (Lipinski definition) is 2. The minimum Gasteiger partial charge on any atom is -0.338 e. The van der Waals surface area contributed by atoms with Crippen molar-refractivity contribution in [1.82, 2.24) is 20.2 Å². The van der Waals surface area contributed by atoms with Crippen LogP contribution in [-0.4, -0.2) is 33.8 Å². The molecule has 3 rings (SSSR count). The van der Waals surface area contributed by atoms with E-state index >= 15 is 0 Å². The number of nitrogens with zero attached hydrogens (tertiary/aromatic N) is 2. The smallest absolute Gasteiger partial charge is 0.321 e. The van der Waals surface area contributed by atoms with Crippen molar-refractivity contribution in [3.05, 3.63) is 20.8 Å². The molecular formula is C19H26N4O3S2. The molecule has 9 heteroatoms.